The van der Waals surface area contributed by atoms with Crippen LogP contribution in [-0.2, 0) is 14.3 Å². The number of piperidine rings is 1. The van der Waals surface area contributed by atoms with Crippen molar-refractivity contribution < 1.29 is 14.3 Å². The van der Waals surface area contributed by atoms with E-state index in [4.69, 9.17) is 9.47 Å². The van der Waals surface area contributed by atoms with Crippen LogP contribution in [0.4, 0.5) is 0 Å². The number of nitrogens with one attached hydrogen (secondary N) is 1. The van der Waals surface area contributed by atoms with Crippen molar-refractivity contribution in [2.24, 2.45) is 0 Å². The zero-order valence-electron chi connectivity index (χ0n) is 13.7. The van der Waals surface area contributed by atoms with Gasteiger partial charge in [-0.1, -0.05) is 6.92 Å². The Kier molecular flexibility index (Phi) is 6.02. The number of methoxy groups -OCH3 is 1. The molecule has 0 radical (unpaired) electrons. The van der Waals surface area contributed by atoms with E-state index in [1.54, 1.807) is 7.11 Å². The Bertz CT molecular complexity index is 350. The topological polar surface area (TPSA) is 50.8 Å². The van der Waals surface area contributed by atoms with Crippen LogP contribution in [-0.4, -0.2) is 61.9 Å². The molecule has 1 N–H and O–H groups in total. The van der Waals surface area contributed by atoms with Gasteiger partial charge in [-0.2, -0.15) is 0 Å². The van der Waals surface area contributed by atoms with Gasteiger partial charge in [-0.05, 0) is 52.1 Å². The smallest absolute Gasteiger partial charge is 0.326 e. The number of nitrogens with zero attached hydrogens (tertiary/aromatic N) is 1. The summed E-state index contributed by atoms with van der Waals surface area (Å²) in [5.74, 6) is -0.0744. The lowest BCUT2D eigenvalue weighted by atomic mass is 9.96. The predicted octanol–water partition coefficient (Wildman–Crippen LogP) is 1.56. The molecule has 0 amide bonds. The molecular weight excluding hydrogens is 268 g/mol. The number of hydrogen-bond donors (Lipinski definition) is 1. The number of carbonyl (C=O) groups is 1. The van der Waals surface area contributed by atoms with Crippen molar-refractivity contribution in [2.75, 3.05) is 33.4 Å². The van der Waals surface area contributed by atoms with Gasteiger partial charge in [0.05, 0.1) is 12.7 Å². The average Bonchev–Trinajstić information content (AvgIpc) is 2.94. The van der Waals surface area contributed by atoms with Gasteiger partial charge < -0.3 is 14.8 Å². The fraction of sp³-hybridized carbons (Fsp3) is 0.938. The van der Waals surface area contributed by atoms with Crippen molar-refractivity contribution in [1.82, 2.24) is 10.2 Å². The maximum absolute atomic E-state index is 12.4. The molecule has 3 unspecified atom stereocenters. The first kappa shape index (κ1) is 16.7. The summed E-state index contributed by atoms with van der Waals surface area (Å²) in [6, 6.07) is 0.464. The molecule has 21 heavy (non-hydrogen) atoms. The molecule has 0 aromatic heterocycles. The molecule has 0 aromatic carbocycles. The zero-order chi connectivity index (χ0) is 15.3. The van der Waals surface area contributed by atoms with Gasteiger partial charge in [0, 0.05) is 19.7 Å². The Morgan fingerprint density at radius 3 is 2.86 bits per heavy atom. The molecule has 1 saturated carbocycles. The molecule has 3 atom stereocenters. The molecule has 1 aliphatic heterocycles. The van der Waals surface area contributed by atoms with Crippen molar-refractivity contribution in [1.29, 1.82) is 0 Å². The van der Waals surface area contributed by atoms with Crippen molar-refractivity contribution in [3.05, 3.63) is 0 Å². The van der Waals surface area contributed by atoms with Crippen LogP contribution in [0.15, 0.2) is 0 Å². The highest BCUT2D eigenvalue weighted by Crippen LogP contribution is 2.35. The summed E-state index contributed by atoms with van der Waals surface area (Å²) in [5.41, 5.74) is -0.477. The summed E-state index contributed by atoms with van der Waals surface area (Å²) in [6.07, 6.45) is 5.46. The van der Waals surface area contributed by atoms with Crippen LogP contribution in [0.1, 0.15) is 46.0 Å². The Labute approximate surface area is 128 Å². The van der Waals surface area contributed by atoms with Crippen LogP contribution in [0, 0.1) is 0 Å². The summed E-state index contributed by atoms with van der Waals surface area (Å²) in [5, 5.41) is 3.40. The van der Waals surface area contributed by atoms with Gasteiger partial charge in [-0.15, -0.1) is 0 Å². The van der Waals surface area contributed by atoms with Gasteiger partial charge in [-0.25, -0.2) is 0 Å². The second-order valence-electron chi connectivity index (χ2n) is 6.22. The first-order valence-electron chi connectivity index (χ1n) is 8.34. The average molecular weight is 298 g/mol. The highest BCUT2D eigenvalue weighted by molar-refractivity contribution is 5.81. The monoisotopic (exact) mass is 298 g/mol. The van der Waals surface area contributed by atoms with Crippen molar-refractivity contribution in [3.63, 3.8) is 0 Å². The fourth-order valence-electron chi connectivity index (χ4n) is 3.85. The number of hydrogen-bond acceptors (Lipinski definition) is 5. The minimum Gasteiger partial charge on any atom is -0.465 e. The van der Waals surface area contributed by atoms with E-state index in [0.29, 0.717) is 18.8 Å². The second-order valence-corrected chi connectivity index (χ2v) is 6.22. The standard InChI is InChI=1S/C16H30N2O3/c1-4-17-16(15(19)21-5-2)9-8-13(11-16)18-10-6-7-14(12-18)20-3/h13-14,17H,4-12H2,1-3H3. The predicted molar refractivity (Wildman–Crippen MR) is 82.3 cm³/mol. The quantitative estimate of drug-likeness (QED) is 0.754. The Morgan fingerprint density at radius 1 is 1.38 bits per heavy atom. The highest BCUT2D eigenvalue weighted by Gasteiger charge is 2.47. The Morgan fingerprint density at radius 2 is 2.19 bits per heavy atom. The number of rotatable bonds is 6. The number of likely N-dealkylation sites (tertiary alicyclic amines) is 1. The summed E-state index contributed by atoms with van der Waals surface area (Å²) in [7, 11) is 1.80. The van der Waals surface area contributed by atoms with Gasteiger partial charge in [0.25, 0.3) is 0 Å². The lowest BCUT2D eigenvalue weighted by molar-refractivity contribution is -0.151. The Hall–Kier alpha value is -0.650. The summed E-state index contributed by atoms with van der Waals surface area (Å²) in [6.45, 7) is 7.29. The van der Waals surface area contributed by atoms with Crippen LogP contribution < -0.4 is 5.32 Å². The molecule has 2 rings (SSSR count). The van der Waals surface area contributed by atoms with E-state index in [2.05, 4.69) is 17.1 Å². The van der Waals surface area contributed by atoms with E-state index in [1.165, 1.54) is 6.42 Å². The molecule has 1 saturated heterocycles. The summed E-state index contributed by atoms with van der Waals surface area (Å²) in [4.78, 5) is 14.9. The van der Waals surface area contributed by atoms with Crippen LogP contribution in [0.25, 0.3) is 0 Å². The number of likely N-dealkylation sites (N-methyl/N-ethyl adjacent to an activating group) is 1. The maximum Gasteiger partial charge on any atom is 0.326 e. The molecule has 5 nitrogen and oxygen atoms in total. The van der Waals surface area contributed by atoms with Crippen LogP contribution in [0.3, 0.4) is 0 Å². The van der Waals surface area contributed by atoms with E-state index in [-0.39, 0.29) is 5.97 Å². The number of carbonyl (C=O) groups excluding carboxylic acids is 1. The largest absolute Gasteiger partial charge is 0.465 e. The zero-order valence-corrected chi connectivity index (χ0v) is 13.7. The molecule has 0 bridgehead atoms. The molecule has 0 aromatic rings. The summed E-state index contributed by atoms with van der Waals surface area (Å²) >= 11 is 0. The lowest BCUT2D eigenvalue weighted by Gasteiger charge is -2.37. The van der Waals surface area contributed by atoms with Crippen LogP contribution in [0.5, 0.6) is 0 Å². The van der Waals surface area contributed by atoms with E-state index in [9.17, 15) is 4.79 Å². The normalized spacial score (nSPS) is 34.0. The third-order valence-electron chi connectivity index (χ3n) is 4.93. The van der Waals surface area contributed by atoms with Crippen LogP contribution >= 0.6 is 0 Å². The molecule has 1 heterocycles. The molecule has 122 valence electrons. The number of ether oxygens (including phenoxy) is 2. The molecular formula is C16H30N2O3. The first-order chi connectivity index (χ1) is 10.1. The molecule has 2 fully saturated rings. The maximum atomic E-state index is 12.4. The second kappa shape index (κ2) is 7.56. The molecule has 0 spiro atoms. The molecule has 5 heteroatoms. The van der Waals surface area contributed by atoms with Gasteiger partial charge >= 0.3 is 5.97 Å². The van der Waals surface area contributed by atoms with Gasteiger partial charge in [0.1, 0.15) is 5.54 Å². The lowest BCUT2D eigenvalue weighted by Crippen LogP contribution is -2.53. The molecule has 2 aliphatic rings. The third kappa shape index (κ3) is 3.76. The summed E-state index contributed by atoms with van der Waals surface area (Å²) < 4.78 is 10.8. The van der Waals surface area contributed by atoms with E-state index < -0.39 is 5.54 Å². The molecule has 1 aliphatic carbocycles. The number of esters is 1. The minimum absolute atomic E-state index is 0.0744. The SMILES string of the molecule is CCNC1(C(=O)OCC)CCC(N2CCCC(OC)C2)C1. The highest BCUT2D eigenvalue weighted by atomic mass is 16.5. The van der Waals surface area contributed by atoms with E-state index in [1.807, 2.05) is 6.92 Å². The van der Waals surface area contributed by atoms with Crippen molar-refractivity contribution in [3.8, 4) is 0 Å². The van der Waals surface area contributed by atoms with Crippen LogP contribution in [0.2, 0.25) is 0 Å². The van der Waals surface area contributed by atoms with Crippen molar-refractivity contribution in [2.45, 2.75) is 63.6 Å². The van der Waals surface area contributed by atoms with E-state index >= 15 is 0 Å². The van der Waals surface area contributed by atoms with E-state index in [0.717, 1.165) is 45.3 Å². The van der Waals surface area contributed by atoms with Gasteiger partial charge in [0.15, 0.2) is 0 Å². The van der Waals surface area contributed by atoms with Crippen molar-refractivity contribution >= 4 is 5.97 Å². The first-order valence-corrected chi connectivity index (χ1v) is 8.34. The van der Waals surface area contributed by atoms with Gasteiger partial charge in [-0.3, -0.25) is 9.69 Å². The fourth-order valence-corrected chi connectivity index (χ4v) is 3.85. The Balaban J connectivity index is 2.00. The van der Waals surface area contributed by atoms with Gasteiger partial charge in [0.2, 0.25) is 0 Å². The third-order valence-corrected chi connectivity index (χ3v) is 4.93. The minimum atomic E-state index is -0.477.